The summed E-state index contributed by atoms with van der Waals surface area (Å²) in [4.78, 5) is 0. The zero-order valence-electron chi connectivity index (χ0n) is 17.1. The fourth-order valence-corrected chi connectivity index (χ4v) is 2.95. The van der Waals surface area contributed by atoms with Crippen molar-refractivity contribution in [1.29, 1.82) is 0 Å². The summed E-state index contributed by atoms with van der Waals surface area (Å²) in [6.07, 6.45) is -0.872. The van der Waals surface area contributed by atoms with Gasteiger partial charge in [-0.05, 0) is 41.8 Å². The van der Waals surface area contributed by atoms with Crippen LogP contribution in [0.2, 0.25) is 0 Å². The van der Waals surface area contributed by atoms with Gasteiger partial charge in [0, 0.05) is 17.2 Å². The maximum Gasteiger partial charge on any atom is 0.122 e. The van der Waals surface area contributed by atoms with Crippen molar-refractivity contribution in [2.75, 3.05) is 25.7 Å². The van der Waals surface area contributed by atoms with E-state index in [0.29, 0.717) is 24.2 Å². The zero-order valence-corrected chi connectivity index (χ0v) is 17.9. The number of alkyl halides is 1. The van der Waals surface area contributed by atoms with Crippen LogP contribution in [0.1, 0.15) is 37.5 Å². The number of rotatable bonds is 10. The largest absolute Gasteiger partial charge is 0.493 e. The molecule has 0 heterocycles. The molecule has 0 unspecified atom stereocenters. The van der Waals surface area contributed by atoms with Gasteiger partial charge in [0.1, 0.15) is 24.2 Å². The first kappa shape index (κ1) is 22.5. The Morgan fingerprint density at radius 2 is 1.64 bits per heavy atom. The molecule has 2 rings (SSSR count). The molecule has 2 aromatic carbocycles. The highest BCUT2D eigenvalue weighted by Gasteiger charge is 2.24. The van der Waals surface area contributed by atoms with Gasteiger partial charge in [0.05, 0.1) is 13.2 Å². The minimum absolute atomic E-state index is 0.0733. The second kappa shape index (κ2) is 10.1. The third-order valence-electron chi connectivity index (χ3n) is 4.91. The lowest BCUT2D eigenvalue weighted by atomic mass is 9.77. The Hall–Kier alpha value is -1.75. The lowest BCUT2D eigenvalue weighted by molar-refractivity contribution is 0.0534. The van der Waals surface area contributed by atoms with Gasteiger partial charge in [-0.2, -0.15) is 0 Å². The topological polar surface area (TPSA) is 58.9 Å². The first-order chi connectivity index (χ1) is 13.3. The number of halogens is 1. The van der Waals surface area contributed by atoms with Crippen molar-refractivity contribution in [1.82, 2.24) is 0 Å². The molecule has 2 aromatic rings. The number of aliphatic hydroxyl groups excluding tert-OH is 2. The molecule has 5 heteroatoms. The van der Waals surface area contributed by atoms with Crippen molar-refractivity contribution in [2.45, 2.75) is 39.2 Å². The molecule has 0 bridgehead atoms. The average molecular weight is 407 g/mol. The van der Waals surface area contributed by atoms with Gasteiger partial charge in [0.2, 0.25) is 0 Å². The standard InChI is InChI=1S/C23H31ClO4/c1-16(12-24)14-27-21-8-5-18(6-9-21)23(3,4)19-7-10-22(17(2)11-19)28-15-20(26)13-25/h5-11,16,20,25-26H,12-15H2,1-4H3/t16-,20-/m1/s1. The SMILES string of the molecule is Cc1cc(C(C)(C)c2ccc(OC[C@H](C)CCl)cc2)ccc1OC[C@H](O)CO. The molecule has 0 saturated heterocycles. The van der Waals surface area contributed by atoms with Crippen LogP contribution in [0, 0.1) is 12.8 Å². The maximum absolute atomic E-state index is 9.46. The Labute approximate surface area is 173 Å². The predicted molar refractivity (Wildman–Crippen MR) is 114 cm³/mol. The summed E-state index contributed by atoms with van der Waals surface area (Å²) >= 11 is 5.83. The van der Waals surface area contributed by atoms with Crippen LogP contribution >= 0.6 is 11.6 Å². The number of hydrogen-bond acceptors (Lipinski definition) is 4. The molecular weight excluding hydrogens is 376 g/mol. The summed E-state index contributed by atoms with van der Waals surface area (Å²) in [5.41, 5.74) is 3.17. The third kappa shape index (κ3) is 5.87. The van der Waals surface area contributed by atoms with Crippen LogP contribution in [0.3, 0.4) is 0 Å². The lowest BCUT2D eigenvalue weighted by Crippen LogP contribution is -2.22. The van der Waals surface area contributed by atoms with E-state index in [9.17, 15) is 5.11 Å². The number of hydrogen-bond donors (Lipinski definition) is 2. The smallest absolute Gasteiger partial charge is 0.122 e. The minimum Gasteiger partial charge on any atom is -0.493 e. The minimum atomic E-state index is -0.872. The molecule has 0 aliphatic carbocycles. The van der Waals surface area contributed by atoms with E-state index in [1.54, 1.807) is 0 Å². The first-order valence-electron chi connectivity index (χ1n) is 9.60. The van der Waals surface area contributed by atoms with E-state index in [2.05, 4.69) is 39.0 Å². The molecule has 0 radical (unpaired) electrons. The van der Waals surface area contributed by atoms with Crippen molar-refractivity contribution in [3.8, 4) is 11.5 Å². The Morgan fingerprint density at radius 1 is 1.00 bits per heavy atom. The third-order valence-corrected chi connectivity index (χ3v) is 5.44. The molecule has 0 saturated carbocycles. The molecule has 0 fully saturated rings. The van der Waals surface area contributed by atoms with Crippen molar-refractivity contribution in [3.05, 3.63) is 59.2 Å². The van der Waals surface area contributed by atoms with E-state index in [0.717, 1.165) is 11.3 Å². The molecule has 0 spiro atoms. The molecule has 0 aromatic heterocycles. The summed E-state index contributed by atoms with van der Waals surface area (Å²) in [6, 6.07) is 14.3. The van der Waals surface area contributed by atoms with Gasteiger partial charge in [-0.1, -0.05) is 45.0 Å². The van der Waals surface area contributed by atoms with Crippen LogP contribution in [0.15, 0.2) is 42.5 Å². The van der Waals surface area contributed by atoms with Gasteiger partial charge in [-0.15, -0.1) is 11.6 Å². The molecule has 0 aliphatic rings. The van der Waals surface area contributed by atoms with E-state index in [1.165, 1.54) is 11.1 Å². The summed E-state index contributed by atoms with van der Waals surface area (Å²) in [5, 5.41) is 18.4. The van der Waals surface area contributed by atoms with Crippen molar-refractivity contribution in [3.63, 3.8) is 0 Å². The fraction of sp³-hybridized carbons (Fsp3) is 0.478. The molecule has 2 N–H and O–H groups in total. The van der Waals surface area contributed by atoms with Gasteiger partial charge in [0.15, 0.2) is 0 Å². The molecule has 4 nitrogen and oxygen atoms in total. The van der Waals surface area contributed by atoms with Crippen LogP contribution < -0.4 is 9.47 Å². The zero-order chi connectivity index (χ0) is 20.7. The predicted octanol–water partition coefficient (Wildman–Crippen LogP) is 4.31. The number of aliphatic hydroxyl groups is 2. The molecular formula is C23H31ClO4. The van der Waals surface area contributed by atoms with E-state index in [1.807, 2.05) is 31.2 Å². The second-order valence-corrected chi connectivity index (χ2v) is 8.16. The number of aryl methyl sites for hydroxylation is 1. The molecule has 154 valence electrons. The van der Waals surface area contributed by atoms with Crippen molar-refractivity contribution >= 4 is 11.6 Å². The second-order valence-electron chi connectivity index (χ2n) is 7.85. The number of benzene rings is 2. The quantitative estimate of drug-likeness (QED) is 0.577. The monoisotopic (exact) mass is 406 g/mol. The Balaban J connectivity index is 2.11. The first-order valence-corrected chi connectivity index (χ1v) is 10.1. The van der Waals surface area contributed by atoms with Gasteiger partial charge >= 0.3 is 0 Å². The van der Waals surface area contributed by atoms with E-state index in [4.69, 9.17) is 26.2 Å². The van der Waals surface area contributed by atoms with Crippen molar-refractivity contribution in [2.24, 2.45) is 5.92 Å². The van der Waals surface area contributed by atoms with Gasteiger partial charge in [0.25, 0.3) is 0 Å². The summed E-state index contributed by atoms with van der Waals surface area (Å²) in [7, 11) is 0. The van der Waals surface area contributed by atoms with Crippen LogP contribution in [0.4, 0.5) is 0 Å². The normalized spacial score (nSPS) is 13.8. The fourth-order valence-electron chi connectivity index (χ4n) is 2.86. The van der Waals surface area contributed by atoms with E-state index < -0.39 is 6.10 Å². The van der Waals surface area contributed by atoms with Gasteiger partial charge in [-0.25, -0.2) is 0 Å². The Bertz CT molecular complexity index is 743. The Morgan fingerprint density at radius 3 is 2.21 bits per heavy atom. The van der Waals surface area contributed by atoms with Crippen LogP contribution in [-0.2, 0) is 5.41 Å². The Kier molecular flexibility index (Phi) is 8.17. The molecule has 0 amide bonds. The molecule has 28 heavy (non-hydrogen) atoms. The van der Waals surface area contributed by atoms with E-state index in [-0.39, 0.29) is 18.6 Å². The van der Waals surface area contributed by atoms with Gasteiger partial charge in [-0.3, -0.25) is 0 Å². The van der Waals surface area contributed by atoms with Crippen LogP contribution in [0.25, 0.3) is 0 Å². The molecule has 2 atom stereocenters. The summed E-state index contributed by atoms with van der Waals surface area (Å²) in [6.45, 7) is 8.78. The van der Waals surface area contributed by atoms with Crippen molar-refractivity contribution < 1.29 is 19.7 Å². The van der Waals surface area contributed by atoms with Gasteiger partial charge < -0.3 is 19.7 Å². The highest BCUT2D eigenvalue weighted by molar-refractivity contribution is 6.18. The molecule has 0 aliphatic heterocycles. The lowest BCUT2D eigenvalue weighted by Gasteiger charge is -2.27. The highest BCUT2D eigenvalue weighted by Crippen LogP contribution is 2.34. The average Bonchev–Trinajstić information content (AvgIpc) is 2.70. The summed E-state index contributed by atoms with van der Waals surface area (Å²) in [5.74, 6) is 2.46. The van der Waals surface area contributed by atoms with Crippen LogP contribution in [0.5, 0.6) is 11.5 Å². The number of ether oxygens (including phenoxy) is 2. The van der Waals surface area contributed by atoms with Crippen LogP contribution in [-0.4, -0.2) is 42.0 Å². The summed E-state index contributed by atoms with van der Waals surface area (Å²) < 4.78 is 11.4. The maximum atomic E-state index is 9.46. The van der Waals surface area contributed by atoms with E-state index >= 15 is 0 Å². The highest BCUT2D eigenvalue weighted by atomic mass is 35.5.